The molecule has 0 radical (unpaired) electrons. The standard InChI is InChI=1S/C7H5F2.CH3.W/c1-5-2-3-6(8)7(9)4-5;;/h2-4H,1H2;1H3;/q2*-1;+2. The van der Waals surface area contributed by atoms with Crippen LogP contribution >= 0.6 is 0 Å². The Balaban J connectivity index is 0. The van der Waals surface area contributed by atoms with Crippen LogP contribution in [0.4, 0.5) is 8.78 Å². The maximum atomic E-state index is 12.2. The second-order valence-electron chi connectivity index (χ2n) is 1.75. The van der Waals surface area contributed by atoms with Gasteiger partial charge in [-0.05, 0) is 0 Å². The van der Waals surface area contributed by atoms with E-state index in [2.05, 4.69) is 6.92 Å². The van der Waals surface area contributed by atoms with Crippen molar-refractivity contribution in [1.29, 1.82) is 0 Å². The molecule has 0 aliphatic rings. The molecule has 0 fully saturated rings. The minimum atomic E-state index is -0.845. The zero-order valence-electron chi connectivity index (χ0n) is 6.10. The Bertz CT molecular complexity index is 223. The van der Waals surface area contributed by atoms with Gasteiger partial charge in [-0.15, -0.1) is 6.07 Å². The molecular formula is C8H8F2W. The molecule has 0 spiro atoms. The van der Waals surface area contributed by atoms with Gasteiger partial charge < -0.3 is 7.43 Å². The molecule has 0 bridgehead atoms. The van der Waals surface area contributed by atoms with Crippen molar-refractivity contribution in [3.05, 3.63) is 49.7 Å². The van der Waals surface area contributed by atoms with Gasteiger partial charge in [0.2, 0.25) is 0 Å². The molecular weight excluding hydrogens is 318 g/mol. The van der Waals surface area contributed by atoms with Crippen molar-refractivity contribution in [2.75, 3.05) is 0 Å². The second-order valence-corrected chi connectivity index (χ2v) is 1.75. The maximum absolute atomic E-state index is 12.2. The quantitative estimate of drug-likeness (QED) is 0.643. The molecule has 3 heteroatoms. The fourth-order valence-corrected chi connectivity index (χ4v) is 0.540. The summed E-state index contributed by atoms with van der Waals surface area (Å²) in [6.07, 6.45) is 0. The molecule has 0 saturated carbocycles. The molecule has 0 heterocycles. The molecule has 1 aromatic rings. The van der Waals surface area contributed by atoms with E-state index >= 15 is 0 Å². The van der Waals surface area contributed by atoms with Crippen LogP contribution in [0.5, 0.6) is 0 Å². The molecule has 1 rings (SSSR count). The first kappa shape index (κ1) is 13.2. The zero-order valence-corrected chi connectivity index (χ0v) is 9.04. The van der Waals surface area contributed by atoms with Gasteiger partial charge in [-0.2, -0.15) is 18.6 Å². The summed E-state index contributed by atoms with van der Waals surface area (Å²) in [7, 11) is 0. The molecule has 1 aromatic carbocycles. The third kappa shape index (κ3) is 3.52. The molecule has 0 amide bonds. The van der Waals surface area contributed by atoms with Crippen LogP contribution in [0.25, 0.3) is 0 Å². The molecule has 11 heavy (non-hydrogen) atoms. The summed E-state index contributed by atoms with van der Waals surface area (Å²) in [4.78, 5) is 0. The minimum absolute atomic E-state index is 0. The van der Waals surface area contributed by atoms with Crippen LogP contribution in [0, 0.1) is 26.0 Å². The predicted molar refractivity (Wildman–Crippen MR) is 37.2 cm³/mol. The van der Waals surface area contributed by atoms with E-state index in [1.54, 1.807) is 0 Å². The van der Waals surface area contributed by atoms with Crippen LogP contribution in [-0.2, 0) is 21.1 Å². The van der Waals surface area contributed by atoms with E-state index in [0.717, 1.165) is 12.1 Å². The predicted octanol–water partition coefficient (Wildman–Crippen LogP) is 2.59. The van der Waals surface area contributed by atoms with Gasteiger partial charge in [0.1, 0.15) is 11.6 Å². The van der Waals surface area contributed by atoms with Gasteiger partial charge in [0, 0.05) is 0 Å². The summed E-state index contributed by atoms with van der Waals surface area (Å²) >= 11 is 0. The summed E-state index contributed by atoms with van der Waals surface area (Å²) in [6, 6.07) is 3.52. The van der Waals surface area contributed by atoms with Gasteiger partial charge in [0.25, 0.3) is 0 Å². The van der Waals surface area contributed by atoms with Crippen molar-refractivity contribution in [2.45, 2.75) is 0 Å². The van der Waals surface area contributed by atoms with Crippen LogP contribution in [0.3, 0.4) is 0 Å². The molecule has 0 nitrogen and oxygen atoms in total. The van der Waals surface area contributed by atoms with Crippen molar-refractivity contribution in [2.24, 2.45) is 0 Å². The summed E-state index contributed by atoms with van der Waals surface area (Å²) in [5.41, 5.74) is 0.480. The monoisotopic (exact) mass is 326 g/mol. The molecule has 0 aromatic heterocycles. The SMILES string of the molecule is [CH2-]c1ccc(F)c(F)c1.[CH3-].[W+2]. The molecule has 0 aliphatic carbocycles. The summed E-state index contributed by atoms with van der Waals surface area (Å²) in [5.74, 6) is -1.68. The van der Waals surface area contributed by atoms with Gasteiger partial charge in [0.05, 0.1) is 0 Å². The van der Waals surface area contributed by atoms with E-state index < -0.39 is 11.6 Å². The normalized spacial score (nSPS) is 7.82. The summed E-state index contributed by atoms with van der Waals surface area (Å²) in [6.45, 7) is 3.42. The number of benzene rings is 1. The molecule has 0 N–H and O–H groups in total. The van der Waals surface area contributed by atoms with E-state index in [0.29, 0.717) is 5.56 Å². The Morgan fingerprint density at radius 2 is 1.64 bits per heavy atom. The first-order chi connectivity index (χ1) is 4.20. The van der Waals surface area contributed by atoms with Crippen LogP contribution in [0.15, 0.2) is 18.2 Å². The van der Waals surface area contributed by atoms with Crippen LogP contribution in [0.1, 0.15) is 5.56 Å². The van der Waals surface area contributed by atoms with Crippen molar-refractivity contribution in [3.8, 4) is 0 Å². The third-order valence-corrected chi connectivity index (χ3v) is 0.984. The Kier molecular flexibility index (Phi) is 6.39. The van der Waals surface area contributed by atoms with Crippen molar-refractivity contribution < 1.29 is 29.8 Å². The molecule has 0 atom stereocenters. The number of hydrogen-bond donors (Lipinski definition) is 0. The topological polar surface area (TPSA) is 0 Å². The first-order valence-corrected chi connectivity index (χ1v) is 2.47. The number of rotatable bonds is 0. The number of halogens is 2. The number of hydrogen-bond acceptors (Lipinski definition) is 0. The van der Waals surface area contributed by atoms with Crippen molar-refractivity contribution in [3.63, 3.8) is 0 Å². The van der Waals surface area contributed by atoms with Crippen LogP contribution in [-0.4, -0.2) is 0 Å². The van der Waals surface area contributed by atoms with E-state index in [4.69, 9.17) is 0 Å². The van der Waals surface area contributed by atoms with Gasteiger partial charge in [-0.25, -0.2) is 8.78 Å². The molecule has 0 unspecified atom stereocenters. The van der Waals surface area contributed by atoms with E-state index in [1.807, 2.05) is 0 Å². The van der Waals surface area contributed by atoms with Gasteiger partial charge in [-0.1, -0.05) is 6.07 Å². The maximum Gasteiger partial charge on any atom is 2.00 e. The summed E-state index contributed by atoms with van der Waals surface area (Å²) in [5, 5.41) is 0. The summed E-state index contributed by atoms with van der Waals surface area (Å²) < 4.78 is 24.3. The van der Waals surface area contributed by atoms with Gasteiger partial charge >= 0.3 is 21.1 Å². The average molecular weight is 326 g/mol. The fourth-order valence-electron chi connectivity index (χ4n) is 0.540. The second kappa shape index (κ2) is 5.31. The van der Waals surface area contributed by atoms with E-state index in [-0.39, 0.29) is 28.5 Å². The zero-order chi connectivity index (χ0) is 6.85. The molecule has 0 aliphatic heterocycles. The molecule has 60 valence electrons. The Morgan fingerprint density at radius 3 is 2.00 bits per heavy atom. The fraction of sp³-hybridized carbons (Fsp3) is 0. The van der Waals surface area contributed by atoms with Crippen LogP contribution < -0.4 is 0 Å². The Hall–Kier alpha value is -0.362. The van der Waals surface area contributed by atoms with Gasteiger partial charge in [-0.3, -0.25) is 0 Å². The van der Waals surface area contributed by atoms with E-state index in [9.17, 15) is 8.78 Å². The van der Waals surface area contributed by atoms with Crippen molar-refractivity contribution in [1.82, 2.24) is 0 Å². The Morgan fingerprint density at radius 1 is 1.09 bits per heavy atom. The van der Waals surface area contributed by atoms with Crippen LogP contribution in [0.2, 0.25) is 0 Å². The first-order valence-electron chi connectivity index (χ1n) is 2.47. The third-order valence-electron chi connectivity index (χ3n) is 0.984. The molecule has 0 saturated heterocycles. The van der Waals surface area contributed by atoms with E-state index in [1.165, 1.54) is 6.07 Å². The largest absolute Gasteiger partial charge is 2.00 e. The smallest absolute Gasteiger partial charge is 0.358 e. The minimum Gasteiger partial charge on any atom is -0.358 e. The Labute approximate surface area is 79.9 Å². The average Bonchev–Trinajstić information content (AvgIpc) is 1.80. The van der Waals surface area contributed by atoms with Gasteiger partial charge in [0.15, 0.2) is 0 Å². The van der Waals surface area contributed by atoms with Crippen molar-refractivity contribution >= 4 is 0 Å².